The zero-order valence-electron chi connectivity index (χ0n) is 15.7. The van der Waals surface area contributed by atoms with Crippen LogP contribution in [0.2, 0.25) is 0 Å². The molecule has 1 rings (SSSR count). The summed E-state index contributed by atoms with van der Waals surface area (Å²) in [6.45, 7) is 16.7. The van der Waals surface area contributed by atoms with E-state index in [0.29, 0.717) is 12.0 Å². The predicted octanol–water partition coefficient (Wildman–Crippen LogP) is 4.19. The Balaban J connectivity index is 2.47. The maximum absolute atomic E-state index is 12.4. The smallest absolute Gasteiger partial charge is 0.410 e. The van der Waals surface area contributed by atoms with Crippen molar-refractivity contribution in [2.24, 2.45) is 5.41 Å². The highest BCUT2D eigenvalue weighted by Crippen LogP contribution is 2.42. The van der Waals surface area contributed by atoms with Crippen molar-refractivity contribution < 1.29 is 9.53 Å². The number of hydrogen-bond acceptors (Lipinski definition) is 3. The first-order valence-corrected chi connectivity index (χ1v) is 8.70. The number of hydrogen-bond donors (Lipinski definition) is 1. The second-order valence-electron chi connectivity index (χ2n) is 8.69. The van der Waals surface area contributed by atoms with Crippen molar-refractivity contribution in [1.29, 1.82) is 0 Å². The lowest BCUT2D eigenvalue weighted by molar-refractivity contribution is 0.00625. The summed E-state index contributed by atoms with van der Waals surface area (Å²) in [5.74, 6) is 0. The Morgan fingerprint density at radius 2 is 1.77 bits per heavy atom. The Kier molecular flexibility index (Phi) is 6.31. The van der Waals surface area contributed by atoms with Gasteiger partial charge < -0.3 is 15.0 Å². The lowest BCUT2D eigenvalue weighted by Crippen LogP contribution is -2.51. The molecule has 0 radical (unpaired) electrons. The fourth-order valence-corrected chi connectivity index (χ4v) is 2.89. The van der Waals surface area contributed by atoms with Gasteiger partial charge in [-0.05, 0) is 66.2 Å². The molecule has 0 aliphatic heterocycles. The average molecular weight is 312 g/mol. The molecule has 0 aromatic rings. The minimum atomic E-state index is -0.452. The summed E-state index contributed by atoms with van der Waals surface area (Å²) in [4.78, 5) is 14.2. The third-order valence-electron chi connectivity index (χ3n) is 4.60. The number of amides is 1. The molecule has 4 heteroatoms. The third kappa shape index (κ3) is 5.79. The molecule has 0 aromatic heterocycles. The quantitative estimate of drug-likeness (QED) is 0.748. The van der Waals surface area contributed by atoms with Gasteiger partial charge in [0.05, 0.1) is 0 Å². The average Bonchev–Trinajstić information content (AvgIpc) is 2.27. The molecule has 0 unspecified atom stereocenters. The van der Waals surface area contributed by atoms with Crippen molar-refractivity contribution in [2.45, 2.75) is 85.3 Å². The van der Waals surface area contributed by atoms with Crippen LogP contribution in [0.5, 0.6) is 0 Å². The van der Waals surface area contributed by atoms with Crippen molar-refractivity contribution in [2.75, 3.05) is 19.6 Å². The van der Waals surface area contributed by atoms with Crippen molar-refractivity contribution >= 4 is 6.09 Å². The van der Waals surface area contributed by atoms with E-state index in [1.165, 1.54) is 25.7 Å². The molecule has 0 atom stereocenters. The van der Waals surface area contributed by atoms with Crippen LogP contribution >= 0.6 is 0 Å². The molecule has 1 N–H and O–H groups in total. The zero-order valence-corrected chi connectivity index (χ0v) is 15.7. The molecule has 0 heterocycles. The SMILES string of the molecule is CCC1(CNCCN(C(=O)OC(C)(C)C)C(C)(C)C)CCC1. The number of ether oxygens (including phenoxy) is 1. The lowest BCUT2D eigenvalue weighted by Gasteiger charge is -2.42. The normalized spacial score (nSPS) is 17.8. The molecule has 1 aliphatic carbocycles. The fourth-order valence-electron chi connectivity index (χ4n) is 2.89. The molecule has 0 saturated heterocycles. The van der Waals surface area contributed by atoms with E-state index in [2.05, 4.69) is 33.0 Å². The first-order valence-electron chi connectivity index (χ1n) is 8.70. The predicted molar refractivity (Wildman–Crippen MR) is 92.1 cm³/mol. The standard InChI is InChI=1S/C18H36N2O2/c1-8-18(10-9-11-18)14-19-12-13-20(16(2,3)4)15(21)22-17(5,6)7/h19H,8-14H2,1-7H3. The van der Waals surface area contributed by atoms with Gasteiger partial charge in [-0.15, -0.1) is 0 Å². The molecule has 1 fully saturated rings. The van der Waals surface area contributed by atoms with E-state index in [9.17, 15) is 4.79 Å². The van der Waals surface area contributed by atoms with Crippen LogP contribution in [0.25, 0.3) is 0 Å². The molecule has 1 amide bonds. The number of nitrogens with one attached hydrogen (secondary N) is 1. The number of carbonyl (C=O) groups is 1. The van der Waals surface area contributed by atoms with Crippen molar-refractivity contribution in [3.63, 3.8) is 0 Å². The number of nitrogens with zero attached hydrogens (tertiary/aromatic N) is 1. The molecule has 1 aliphatic rings. The first kappa shape index (κ1) is 19.3. The monoisotopic (exact) mass is 312 g/mol. The molecule has 0 bridgehead atoms. The summed E-state index contributed by atoms with van der Waals surface area (Å²) < 4.78 is 5.54. The minimum Gasteiger partial charge on any atom is -0.444 e. The van der Waals surface area contributed by atoms with E-state index >= 15 is 0 Å². The Morgan fingerprint density at radius 3 is 2.14 bits per heavy atom. The van der Waals surface area contributed by atoms with Gasteiger partial charge in [0.1, 0.15) is 5.60 Å². The summed E-state index contributed by atoms with van der Waals surface area (Å²) >= 11 is 0. The van der Waals surface area contributed by atoms with Crippen LogP contribution < -0.4 is 5.32 Å². The van der Waals surface area contributed by atoms with E-state index in [1.54, 1.807) is 0 Å². The van der Waals surface area contributed by atoms with E-state index in [0.717, 1.165) is 13.1 Å². The topological polar surface area (TPSA) is 41.6 Å². The van der Waals surface area contributed by atoms with Gasteiger partial charge in [-0.2, -0.15) is 0 Å². The highest BCUT2D eigenvalue weighted by atomic mass is 16.6. The van der Waals surface area contributed by atoms with Crippen molar-refractivity contribution in [3.05, 3.63) is 0 Å². The molecule has 4 nitrogen and oxygen atoms in total. The van der Waals surface area contributed by atoms with Crippen molar-refractivity contribution in [3.8, 4) is 0 Å². The summed E-state index contributed by atoms with van der Waals surface area (Å²) in [6.07, 6.45) is 5.06. The Morgan fingerprint density at radius 1 is 1.18 bits per heavy atom. The summed E-state index contributed by atoms with van der Waals surface area (Å²) in [6, 6.07) is 0. The van der Waals surface area contributed by atoms with Gasteiger partial charge in [0.2, 0.25) is 0 Å². The van der Waals surface area contributed by atoms with E-state index in [1.807, 2.05) is 25.7 Å². The van der Waals surface area contributed by atoms with Crippen molar-refractivity contribution in [1.82, 2.24) is 10.2 Å². The van der Waals surface area contributed by atoms with Gasteiger partial charge in [0.25, 0.3) is 0 Å². The minimum absolute atomic E-state index is 0.226. The third-order valence-corrected chi connectivity index (χ3v) is 4.60. The maximum atomic E-state index is 12.4. The molecular formula is C18H36N2O2. The van der Waals surface area contributed by atoms with Crippen LogP contribution in [-0.2, 0) is 4.74 Å². The van der Waals surface area contributed by atoms with Crippen LogP contribution in [0.3, 0.4) is 0 Å². The van der Waals surface area contributed by atoms with Crippen LogP contribution in [-0.4, -0.2) is 41.8 Å². The van der Waals surface area contributed by atoms with Crippen LogP contribution in [0.4, 0.5) is 4.79 Å². The highest BCUT2D eigenvalue weighted by molar-refractivity contribution is 5.69. The largest absolute Gasteiger partial charge is 0.444 e. The van der Waals surface area contributed by atoms with Gasteiger partial charge in [-0.25, -0.2) is 4.79 Å². The molecule has 0 aromatic carbocycles. The Bertz CT molecular complexity index is 357. The number of carbonyl (C=O) groups excluding carboxylic acids is 1. The van der Waals surface area contributed by atoms with Crippen LogP contribution in [0.1, 0.15) is 74.1 Å². The summed E-state index contributed by atoms with van der Waals surface area (Å²) in [7, 11) is 0. The second-order valence-corrected chi connectivity index (χ2v) is 8.69. The van der Waals surface area contributed by atoms with Crippen LogP contribution in [0, 0.1) is 5.41 Å². The van der Waals surface area contributed by atoms with Gasteiger partial charge in [-0.3, -0.25) is 0 Å². The highest BCUT2D eigenvalue weighted by Gasteiger charge is 2.35. The Hall–Kier alpha value is -0.770. The first-order chi connectivity index (χ1) is 9.99. The molecule has 0 spiro atoms. The van der Waals surface area contributed by atoms with E-state index < -0.39 is 5.60 Å². The van der Waals surface area contributed by atoms with Crippen LogP contribution in [0.15, 0.2) is 0 Å². The van der Waals surface area contributed by atoms with Gasteiger partial charge in [0, 0.05) is 25.2 Å². The summed E-state index contributed by atoms with van der Waals surface area (Å²) in [5, 5.41) is 3.55. The molecule has 22 heavy (non-hydrogen) atoms. The maximum Gasteiger partial charge on any atom is 0.410 e. The van der Waals surface area contributed by atoms with E-state index in [-0.39, 0.29) is 11.6 Å². The lowest BCUT2D eigenvalue weighted by atomic mass is 9.67. The zero-order chi connectivity index (χ0) is 17.0. The summed E-state index contributed by atoms with van der Waals surface area (Å²) in [5.41, 5.74) is -0.173. The fraction of sp³-hybridized carbons (Fsp3) is 0.944. The van der Waals surface area contributed by atoms with Gasteiger partial charge >= 0.3 is 6.09 Å². The number of rotatable bonds is 6. The second kappa shape index (κ2) is 7.20. The van der Waals surface area contributed by atoms with Gasteiger partial charge in [0.15, 0.2) is 0 Å². The Labute approximate surface area is 137 Å². The molecular weight excluding hydrogens is 276 g/mol. The van der Waals surface area contributed by atoms with Gasteiger partial charge in [-0.1, -0.05) is 13.3 Å². The molecule has 1 saturated carbocycles. The molecule has 130 valence electrons. The van der Waals surface area contributed by atoms with E-state index in [4.69, 9.17) is 4.74 Å².